The van der Waals surface area contributed by atoms with Crippen LogP contribution in [0.1, 0.15) is 46.1 Å². The van der Waals surface area contributed by atoms with Crippen LogP contribution in [0.4, 0.5) is 14.9 Å². The maximum atomic E-state index is 13.6. The quantitative estimate of drug-likeness (QED) is 0.769. The Morgan fingerprint density at radius 2 is 1.83 bits per heavy atom. The molecule has 29 heavy (non-hydrogen) atoms. The van der Waals surface area contributed by atoms with Gasteiger partial charge in [0.15, 0.2) is 6.10 Å². The third-order valence-corrected chi connectivity index (χ3v) is 4.58. The molecule has 1 heterocycles. The number of rotatable bonds is 4. The average Bonchev–Trinajstić information content (AvgIpc) is 2.63. The van der Waals surface area contributed by atoms with E-state index in [-0.39, 0.29) is 5.92 Å². The van der Waals surface area contributed by atoms with Crippen LogP contribution in [0.5, 0.6) is 0 Å². The Bertz CT molecular complexity index is 767. The topological polar surface area (TPSA) is 84.9 Å². The second kappa shape index (κ2) is 9.24. The minimum Gasteiger partial charge on any atom is -0.452 e. The summed E-state index contributed by atoms with van der Waals surface area (Å²) >= 11 is 0. The van der Waals surface area contributed by atoms with Crippen LogP contribution in [0.2, 0.25) is 0 Å². The molecule has 1 fully saturated rings. The molecular weight excluding hydrogens is 379 g/mol. The minimum absolute atomic E-state index is 0.298. The second-order valence-electron chi connectivity index (χ2n) is 8.27. The molecule has 0 spiro atoms. The lowest BCUT2D eigenvalue weighted by Crippen LogP contribution is -2.43. The zero-order valence-electron chi connectivity index (χ0n) is 17.6. The fourth-order valence-electron chi connectivity index (χ4n) is 2.86. The number of nitrogens with one attached hydrogen (secondary N) is 1. The molecule has 8 heteroatoms. The number of hydrogen-bond donors (Lipinski definition) is 1. The highest BCUT2D eigenvalue weighted by Crippen LogP contribution is 2.22. The van der Waals surface area contributed by atoms with E-state index < -0.39 is 35.5 Å². The summed E-state index contributed by atoms with van der Waals surface area (Å²) in [5, 5.41) is 2.54. The number of nitrogens with zero attached hydrogens (tertiary/aromatic N) is 1. The maximum Gasteiger partial charge on any atom is 0.410 e. The molecule has 1 saturated heterocycles. The van der Waals surface area contributed by atoms with Gasteiger partial charge in [0.05, 0.1) is 5.92 Å². The summed E-state index contributed by atoms with van der Waals surface area (Å²) in [7, 11) is 0. The highest BCUT2D eigenvalue weighted by atomic mass is 19.1. The highest BCUT2D eigenvalue weighted by molar-refractivity contribution is 5.95. The Balaban J connectivity index is 1.81. The number of piperidine rings is 1. The maximum absolute atomic E-state index is 13.6. The smallest absolute Gasteiger partial charge is 0.410 e. The van der Waals surface area contributed by atoms with Gasteiger partial charge < -0.3 is 19.7 Å². The molecule has 1 aromatic rings. The van der Waals surface area contributed by atoms with E-state index in [9.17, 15) is 18.8 Å². The molecule has 1 N–H and O–H groups in total. The first-order valence-corrected chi connectivity index (χ1v) is 9.71. The molecule has 1 aliphatic heterocycles. The van der Waals surface area contributed by atoms with Crippen LogP contribution in [0, 0.1) is 18.7 Å². The summed E-state index contributed by atoms with van der Waals surface area (Å²) in [6.07, 6.45) is -0.538. The molecule has 7 nitrogen and oxygen atoms in total. The first-order valence-electron chi connectivity index (χ1n) is 9.71. The molecule has 1 aromatic carbocycles. The molecule has 2 amide bonds. The Kier molecular flexibility index (Phi) is 7.21. The van der Waals surface area contributed by atoms with Crippen LogP contribution in [0.25, 0.3) is 0 Å². The van der Waals surface area contributed by atoms with E-state index in [2.05, 4.69) is 5.32 Å². The number of benzene rings is 1. The molecule has 1 atom stereocenters. The number of hydrogen-bond acceptors (Lipinski definition) is 5. The van der Waals surface area contributed by atoms with E-state index in [0.29, 0.717) is 37.2 Å². The van der Waals surface area contributed by atoms with Gasteiger partial charge in [0.2, 0.25) is 0 Å². The summed E-state index contributed by atoms with van der Waals surface area (Å²) in [6, 6.07) is 4.35. The normalized spacial score (nSPS) is 16.1. The van der Waals surface area contributed by atoms with Crippen LogP contribution >= 0.6 is 0 Å². The van der Waals surface area contributed by atoms with Gasteiger partial charge in [-0.1, -0.05) is 6.07 Å². The Morgan fingerprint density at radius 1 is 1.21 bits per heavy atom. The molecule has 0 radical (unpaired) electrons. The van der Waals surface area contributed by atoms with Crippen LogP contribution in [0.15, 0.2) is 18.2 Å². The Labute approximate surface area is 170 Å². The first kappa shape index (κ1) is 22.6. The molecule has 160 valence electrons. The molecule has 0 unspecified atom stereocenters. The molecule has 0 aromatic heterocycles. The Morgan fingerprint density at radius 3 is 2.38 bits per heavy atom. The standard InChI is InChI=1S/C21H29FN2O5/c1-13-6-7-16(12-17(13)22)23-18(25)14(2)28-19(26)15-8-10-24(11-9-15)20(27)29-21(3,4)5/h6-7,12,14-15H,8-11H2,1-5H3,(H,23,25)/t14-/m1/s1. The van der Waals surface area contributed by atoms with Crippen molar-refractivity contribution in [2.75, 3.05) is 18.4 Å². The zero-order chi connectivity index (χ0) is 21.8. The number of halogens is 1. The summed E-state index contributed by atoms with van der Waals surface area (Å²) in [5.41, 5.74) is 0.197. The fourth-order valence-corrected chi connectivity index (χ4v) is 2.86. The van der Waals surface area contributed by atoms with Gasteiger partial charge in [-0.3, -0.25) is 9.59 Å². The number of aryl methyl sites for hydroxylation is 1. The van der Waals surface area contributed by atoms with Crippen molar-refractivity contribution in [1.82, 2.24) is 4.90 Å². The lowest BCUT2D eigenvalue weighted by molar-refractivity contribution is -0.158. The van der Waals surface area contributed by atoms with Gasteiger partial charge in [0, 0.05) is 18.8 Å². The number of ether oxygens (including phenoxy) is 2. The van der Waals surface area contributed by atoms with E-state index in [1.165, 1.54) is 13.0 Å². The van der Waals surface area contributed by atoms with Gasteiger partial charge in [-0.2, -0.15) is 0 Å². The van der Waals surface area contributed by atoms with Crippen molar-refractivity contribution in [2.24, 2.45) is 5.92 Å². The number of anilines is 1. The predicted octanol–water partition coefficient (Wildman–Crippen LogP) is 3.65. The SMILES string of the molecule is Cc1ccc(NC(=O)[C@@H](C)OC(=O)C2CCN(C(=O)OC(C)(C)C)CC2)cc1F. The predicted molar refractivity (Wildman–Crippen MR) is 106 cm³/mol. The molecule has 2 rings (SSSR count). The number of carbonyl (C=O) groups excluding carboxylic acids is 3. The van der Waals surface area contributed by atoms with E-state index in [0.717, 1.165) is 0 Å². The molecule has 1 aliphatic rings. The zero-order valence-corrected chi connectivity index (χ0v) is 17.6. The van der Waals surface area contributed by atoms with Crippen molar-refractivity contribution in [3.05, 3.63) is 29.6 Å². The lowest BCUT2D eigenvalue weighted by Gasteiger charge is -2.32. The fraction of sp³-hybridized carbons (Fsp3) is 0.571. The van der Waals surface area contributed by atoms with Gasteiger partial charge >= 0.3 is 12.1 Å². The first-order chi connectivity index (χ1) is 13.5. The van der Waals surface area contributed by atoms with Crippen molar-refractivity contribution in [2.45, 2.75) is 59.2 Å². The molecule has 0 saturated carbocycles. The second-order valence-corrected chi connectivity index (χ2v) is 8.27. The number of carbonyl (C=O) groups is 3. The number of esters is 1. The average molecular weight is 408 g/mol. The van der Waals surface area contributed by atoms with Crippen molar-refractivity contribution in [1.29, 1.82) is 0 Å². The summed E-state index contributed by atoms with van der Waals surface area (Å²) in [4.78, 5) is 38.2. The van der Waals surface area contributed by atoms with E-state index in [4.69, 9.17) is 9.47 Å². The highest BCUT2D eigenvalue weighted by Gasteiger charge is 2.32. The largest absolute Gasteiger partial charge is 0.452 e. The third kappa shape index (κ3) is 6.73. The molecular formula is C21H29FN2O5. The van der Waals surface area contributed by atoms with Gasteiger partial charge in [-0.25, -0.2) is 9.18 Å². The monoisotopic (exact) mass is 408 g/mol. The van der Waals surface area contributed by atoms with E-state index in [1.807, 2.05) is 0 Å². The summed E-state index contributed by atoms with van der Waals surface area (Å²) in [5.74, 6) is -1.83. The van der Waals surface area contributed by atoms with Crippen molar-refractivity contribution in [3.63, 3.8) is 0 Å². The number of amides is 2. The van der Waals surface area contributed by atoms with Crippen molar-refractivity contribution >= 4 is 23.7 Å². The van der Waals surface area contributed by atoms with Crippen LogP contribution in [-0.4, -0.2) is 47.7 Å². The van der Waals surface area contributed by atoms with Crippen LogP contribution in [-0.2, 0) is 19.1 Å². The third-order valence-electron chi connectivity index (χ3n) is 4.58. The van der Waals surface area contributed by atoms with Crippen LogP contribution < -0.4 is 5.32 Å². The van der Waals surface area contributed by atoms with Gasteiger partial charge in [-0.05, 0) is 65.2 Å². The molecule has 0 bridgehead atoms. The van der Waals surface area contributed by atoms with E-state index >= 15 is 0 Å². The van der Waals surface area contributed by atoms with Crippen LogP contribution in [0.3, 0.4) is 0 Å². The molecule has 0 aliphatic carbocycles. The summed E-state index contributed by atoms with van der Waals surface area (Å²) in [6.45, 7) is 9.26. The van der Waals surface area contributed by atoms with Gasteiger partial charge in [-0.15, -0.1) is 0 Å². The minimum atomic E-state index is -1.02. The van der Waals surface area contributed by atoms with Gasteiger partial charge in [0.1, 0.15) is 11.4 Å². The Hall–Kier alpha value is -2.64. The van der Waals surface area contributed by atoms with E-state index in [1.54, 1.807) is 44.7 Å². The van der Waals surface area contributed by atoms with Gasteiger partial charge in [0.25, 0.3) is 5.91 Å². The van der Waals surface area contributed by atoms with Crippen molar-refractivity contribution < 1.29 is 28.2 Å². The summed E-state index contributed by atoms with van der Waals surface area (Å²) < 4.78 is 24.2. The number of likely N-dealkylation sites (tertiary alicyclic amines) is 1. The lowest BCUT2D eigenvalue weighted by atomic mass is 9.97. The van der Waals surface area contributed by atoms with Crippen molar-refractivity contribution in [3.8, 4) is 0 Å².